The zero-order valence-corrected chi connectivity index (χ0v) is 38.9. The Bertz CT molecular complexity index is 1540. The molecule has 4 saturated heterocycles. The van der Waals surface area contributed by atoms with Crippen LogP contribution in [0.15, 0.2) is 12.2 Å². The molecule has 18 atom stereocenters. The van der Waals surface area contributed by atoms with E-state index in [2.05, 4.69) is 36.7 Å². The van der Waals surface area contributed by atoms with E-state index in [4.69, 9.17) is 28.8 Å². The molecule has 60 heavy (non-hydrogen) atoms. The molecule has 5 rings (SSSR count). The second-order valence-corrected chi connectivity index (χ2v) is 19.3. The number of ether oxygens (including phenoxy) is 5. The third kappa shape index (κ3) is 10.4. The van der Waals surface area contributed by atoms with Gasteiger partial charge in [0.25, 0.3) is 0 Å². The van der Waals surface area contributed by atoms with Gasteiger partial charge in [0.2, 0.25) is 11.6 Å². The molecule has 14 nitrogen and oxygen atoms in total. The normalized spacial score (nSPS) is 41.7. The van der Waals surface area contributed by atoms with Crippen LogP contribution in [0.5, 0.6) is 0 Å². The number of carbonyl (C=O) groups excluding carboxylic acids is 2. The summed E-state index contributed by atoms with van der Waals surface area (Å²) in [6, 6.07) is 0. The van der Waals surface area contributed by atoms with Crippen molar-refractivity contribution in [2.75, 3.05) is 5.33 Å². The highest BCUT2D eigenvalue weighted by atomic mass is 79.9. The van der Waals surface area contributed by atoms with Crippen molar-refractivity contribution in [1.82, 2.24) is 0 Å². The van der Waals surface area contributed by atoms with Crippen molar-refractivity contribution in [2.24, 2.45) is 41.4 Å². The van der Waals surface area contributed by atoms with E-state index in [0.717, 1.165) is 6.42 Å². The number of aliphatic carboxylic acids is 2. The Hall–Kier alpha value is -1.82. The summed E-state index contributed by atoms with van der Waals surface area (Å²) in [6.07, 6.45) is 5.51. The number of carbonyl (C=O) groups is 4. The number of Topliss-reactive ketones (excluding diaryl/α,β-unsaturated/α-hetero) is 2. The van der Waals surface area contributed by atoms with Gasteiger partial charge in [-0.15, -0.1) is 0 Å². The van der Waals surface area contributed by atoms with E-state index in [1.165, 1.54) is 0 Å². The molecule has 2 spiro atoms. The van der Waals surface area contributed by atoms with Crippen molar-refractivity contribution in [3.8, 4) is 0 Å². The zero-order chi connectivity index (χ0) is 45.1. The summed E-state index contributed by atoms with van der Waals surface area (Å²) >= 11 is 2.68. The molecule has 0 unspecified atom stereocenters. The quantitative estimate of drug-likeness (QED) is 0.0743. The number of hydrogen-bond donors (Lipinski definition) is 5. The Morgan fingerprint density at radius 1 is 0.867 bits per heavy atom. The second kappa shape index (κ2) is 20.3. The first-order chi connectivity index (χ1) is 28.0. The average Bonchev–Trinajstić information content (AvgIpc) is 3.56. The van der Waals surface area contributed by atoms with Crippen LogP contribution in [0.3, 0.4) is 0 Å². The fraction of sp³-hybridized carbons (Fsp3) is 0.867. The predicted molar refractivity (Wildman–Crippen MR) is 225 cm³/mol. The van der Waals surface area contributed by atoms with E-state index in [9.17, 15) is 39.6 Å². The maximum absolute atomic E-state index is 14.4. The monoisotopic (exact) mass is 916 g/mol. The number of carboxylic acid groups (broad SMARTS) is 2. The Morgan fingerprint density at radius 3 is 2.05 bits per heavy atom. The lowest BCUT2D eigenvalue weighted by Crippen LogP contribution is -2.63. The zero-order valence-electron chi connectivity index (χ0n) is 37.3. The van der Waals surface area contributed by atoms with Gasteiger partial charge >= 0.3 is 11.9 Å². The minimum absolute atomic E-state index is 0.0137. The van der Waals surface area contributed by atoms with Gasteiger partial charge in [0.1, 0.15) is 11.9 Å². The highest BCUT2D eigenvalue weighted by Gasteiger charge is 2.63. The van der Waals surface area contributed by atoms with Gasteiger partial charge in [-0.05, 0) is 95.6 Å². The Kier molecular flexibility index (Phi) is 17.2. The Labute approximate surface area is 364 Å². The van der Waals surface area contributed by atoms with Gasteiger partial charge in [-0.3, -0.25) is 14.4 Å². The lowest BCUT2D eigenvalue weighted by Gasteiger charge is -2.54. The second-order valence-electron chi connectivity index (χ2n) is 18.8. The van der Waals surface area contributed by atoms with Gasteiger partial charge in [-0.2, -0.15) is 0 Å². The van der Waals surface area contributed by atoms with Gasteiger partial charge in [-0.25, -0.2) is 4.79 Å². The van der Waals surface area contributed by atoms with Gasteiger partial charge in [0, 0.05) is 30.1 Å². The van der Waals surface area contributed by atoms with Crippen molar-refractivity contribution in [1.29, 1.82) is 0 Å². The number of carboxylic acids is 2. The molecule has 5 heterocycles. The maximum atomic E-state index is 14.4. The van der Waals surface area contributed by atoms with Crippen LogP contribution in [0, 0.1) is 41.4 Å². The van der Waals surface area contributed by atoms with E-state index in [1.807, 2.05) is 41.5 Å². The highest BCUT2D eigenvalue weighted by molar-refractivity contribution is 9.09. The van der Waals surface area contributed by atoms with Gasteiger partial charge < -0.3 is 49.2 Å². The summed E-state index contributed by atoms with van der Waals surface area (Å²) in [5, 5.41) is 51.7. The molecule has 0 aromatic carbocycles. The molecule has 4 fully saturated rings. The van der Waals surface area contributed by atoms with E-state index >= 15 is 0 Å². The van der Waals surface area contributed by atoms with Crippen LogP contribution < -0.4 is 0 Å². The minimum Gasteiger partial charge on any atom is -0.481 e. The van der Waals surface area contributed by atoms with Crippen molar-refractivity contribution < 1.29 is 68.4 Å². The molecule has 0 saturated carbocycles. The lowest BCUT2D eigenvalue weighted by molar-refractivity contribution is -0.409. The number of ketones is 2. The maximum Gasteiger partial charge on any atom is 0.373 e. The smallest absolute Gasteiger partial charge is 0.373 e. The standard InChI is InChI=1S/C42H70O11.C3H3BrO3/c1-11-29(38(46)47)31-15-14-23(4)36(50-31)27(8)34(44)26(7)35(45)30(12-2)37-24(5)22-25(6)41(51-37)19-16-32(43)42(53-41)21-20-39(10,52-42)33-17-18-40(48,13-3)28(9)49-33;4-1-2(5)3(6)7/h16,19,23-34,36-37,43-44,48H,11-15,17-18,20-22H2,1-10H3,(H,46,47);1H2,(H,6,7)/t23-,24-,25+,26-,27-,28-,29+,30-,31+,32+,33+,34+,36+,37-,39-,40+,41-,42-;/m0./s1. The average molecular weight is 918 g/mol. The number of halogens is 1. The molecule has 5 aliphatic heterocycles. The van der Waals surface area contributed by atoms with Crippen LogP contribution in [0.2, 0.25) is 0 Å². The van der Waals surface area contributed by atoms with Crippen LogP contribution >= 0.6 is 15.9 Å². The SMILES string of the molecule is CC[C@@H](C(=O)[C@@H](C)[C@@H](O)[C@H](C)[C@@H]1O[C@@H]([C@@H](CC)C(=O)O)CC[C@@H]1C)[C@H]1O[C@]2(C=C[C@@H](O)[C@]3(CC[C@@](C)([C@H]4CC[C@](O)(CC)[C@H](C)O4)O3)O2)[C@H](C)C[C@@H]1C.O=C(O)C(=O)CBr. The third-order valence-electron chi connectivity index (χ3n) is 14.8. The van der Waals surface area contributed by atoms with Crippen molar-refractivity contribution in [3.05, 3.63) is 12.2 Å². The molecular formula is C45H73BrO14. The fourth-order valence-corrected chi connectivity index (χ4v) is 10.8. The number of rotatable bonds is 14. The molecule has 344 valence electrons. The Balaban J connectivity index is 0.00000104. The van der Waals surface area contributed by atoms with Crippen LogP contribution in [0.4, 0.5) is 0 Å². The first kappa shape index (κ1) is 50.8. The van der Waals surface area contributed by atoms with Gasteiger partial charge in [0.05, 0.1) is 59.1 Å². The fourth-order valence-electron chi connectivity index (χ4n) is 10.5. The first-order valence-corrected chi connectivity index (χ1v) is 23.4. The molecule has 0 bridgehead atoms. The number of hydrogen-bond acceptors (Lipinski definition) is 12. The lowest BCUT2D eigenvalue weighted by atomic mass is 9.72. The van der Waals surface area contributed by atoms with Crippen molar-refractivity contribution in [2.45, 2.75) is 199 Å². The van der Waals surface area contributed by atoms with E-state index in [1.54, 1.807) is 19.1 Å². The van der Waals surface area contributed by atoms with Crippen LogP contribution in [-0.4, -0.2) is 120 Å². The molecule has 5 aliphatic rings. The molecule has 0 aromatic heterocycles. The van der Waals surface area contributed by atoms with Crippen LogP contribution in [0.25, 0.3) is 0 Å². The Morgan fingerprint density at radius 2 is 1.52 bits per heavy atom. The van der Waals surface area contributed by atoms with E-state index in [-0.39, 0.29) is 47.2 Å². The summed E-state index contributed by atoms with van der Waals surface area (Å²) in [5.41, 5.74) is -1.63. The molecule has 0 aliphatic carbocycles. The number of aliphatic hydroxyl groups excluding tert-OH is 2. The molecule has 15 heteroatoms. The number of alkyl halides is 1. The van der Waals surface area contributed by atoms with Crippen molar-refractivity contribution in [3.63, 3.8) is 0 Å². The summed E-state index contributed by atoms with van der Waals surface area (Å²) in [4.78, 5) is 45.8. The van der Waals surface area contributed by atoms with E-state index < -0.39 is 88.6 Å². The topological polar surface area (TPSA) is 216 Å². The summed E-state index contributed by atoms with van der Waals surface area (Å²) in [6.45, 7) is 19.6. The number of aliphatic hydroxyl groups is 3. The summed E-state index contributed by atoms with van der Waals surface area (Å²) in [5.74, 6) is -7.99. The first-order valence-electron chi connectivity index (χ1n) is 22.2. The molecular weight excluding hydrogens is 844 g/mol. The van der Waals surface area contributed by atoms with Crippen LogP contribution in [-0.2, 0) is 42.9 Å². The molecule has 0 amide bonds. The third-order valence-corrected chi connectivity index (χ3v) is 15.3. The summed E-state index contributed by atoms with van der Waals surface area (Å²) in [7, 11) is 0. The predicted octanol–water partition coefficient (Wildman–Crippen LogP) is 6.22. The van der Waals surface area contributed by atoms with Crippen molar-refractivity contribution >= 4 is 39.4 Å². The molecule has 0 aromatic rings. The molecule has 5 N–H and O–H groups in total. The highest BCUT2D eigenvalue weighted by Crippen LogP contribution is 2.54. The summed E-state index contributed by atoms with van der Waals surface area (Å²) < 4.78 is 33.5. The van der Waals surface area contributed by atoms with Crippen LogP contribution in [0.1, 0.15) is 133 Å². The molecule has 0 radical (unpaired) electrons. The van der Waals surface area contributed by atoms with Gasteiger partial charge in [0.15, 0.2) is 5.79 Å². The minimum atomic E-state index is -1.39. The largest absolute Gasteiger partial charge is 0.481 e. The van der Waals surface area contributed by atoms with E-state index in [0.29, 0.717) is 57.8 Å². The van der Waals surface area contributed by atoms with Gasteiger partial charge in [-0.1, -0.05) is 71.3 Å².